The summed E-state index contributed by atoms with van der Waals surface area (Å²) in [7, 11) is 1.63. The van der Waals surface area contributed by atoms with Crippen molar-refractivity contribution in [3.05, 3.63) is 36.7 Å². The zero-order chi connectivity index (χ0) is 13.5. The van der Waals surface area contributed by atoms with Gasteiger partial charge in [-0.2, -0.15) is 0 Å². The van der Waals surface area contributed by atoms with Gasteiger partial charge in [-0.15, -0.1) is 0 Å². The number of methoxy groups -OCH3 is 1. The van der Waals surface area contributed by atoms with Crippen LogP contribution in [0.25, 0.3) is 0 Å². The van der Waals surface area contributed by atoms with E-state index >= 15 is 0 Å². The standard InChI is InChI=1S/C13H16N4O2/c1-19-11-4-2-10(3-5-11)17-13-8-12(14-6-7-18)15-9-16-13/h2-5,8-9,18H,6-7H2,1H3,(H2,14,15,16,17). The van der Waals surface area contributed by atoms with Crippen LogP contribution in [-0.4, -0.2) is 35.3 Å². The zero-order valence-corrected chi connectivity index (χ0v) is 10.6. The molecular weight excluding hydrogens is 244 g/mol. The van der Waals surface area contributed by atoms with Crippen molar-refractivity contribution in [1.29, 1.82) is 0 Å². The molecule has 6 nitrogen and oxygen atoms in total. The van der Waals surface area contributed by atoms with Crippen LogP contribution in [0.2, 0.25) is 0 Å². The number of anilines is 3. The second-order valence-electron chi connectivity index (χ2n) is 3.79. The third-order valence-corrected chi connectivity index (χ3v) is 2.45. The molecule has 2 aromatic rings. The van der Waals surface area contributed by atoms with Gasteiger partial charge in [-0.25, -0.2) is 9.97 Å². The Hall–Kier alpha value is -2.34. The van der Waals surface area contributed by atoms with Crippen LogP contribution in [-0.2, 0) is 0 Å². The quantitative estimate of drug-likeness (QED) is 0.732. The van der Waals surface area contributed by atoms with Gasteiger partial charge in [0.1, 0.15) is 23.7 Å². The molecule has 0 amide bonds. The minimum Gasteiger partial charge on any atom is -0.497 e. The second kappa shape index (κ2) is 6.55. The van der Waals surface area contributed by atoms with Crippen molar-refractivity contribution in [1.82, 2.24) is 9.97 Å². The molecule has 1 aromatic heterocycles. The molecule has 1 aromatic carbocycles. The number of rotatable bonds is 6. The van der Waals surface area contributed by atoms with Crippen LogP contribution in [0.3, 0.4) is 0 Å². The molecule has 0 unspecified atom stereocenters. The number of ether oxygens (including phenoxy) is 1. The van der Waals surface area contributed by atoms with Crippen LogP contribution in [0, 0.1) is 0 Å². The van der Waals surface area contributed by atoms with E-state index in [0.717, 1.165) is 11.4 Å². The summed E-state index contributed by atoms with van der Waals surface area (Å²) < 4.78 is 5.10. The van der Waals surface area contributed by atoms with Crippen LogP contribution in [0.15, 0.2) is 36.7 Å². The topological polar surface area (TPSA) is 79.3 Å². The summed E-state index contributed by atoms with van der Waals surface area (Å²) >= 11 is 0. The average molecular weight is 260 g/mol. The van der Waals surface area contributed by atoms with Gasteiger partial charge >= 0.3 is 0 Å². The summed E-state index contributed by atoms with van der Waals surface area (Å²) in [4.78, 5) is 8.18. The fourth-order valence-corrected chi connectivity index (χ4v) is 1.53. The van der Waals surface area contributed by atoms with E-state index < -0.39 is 0 Å². The Bertz CT molecular complexity index is 516. The van der Waals surface area contributed by atoms with Crippen molar-refractivity contribution in [3.63, 3.8) is 0 Å². The first-order valence-electron chi connectivity index (χ1n) is 5.89. The maximum Gasteiger partial charge on any atom is 0.135 e. The highest BCUT2D eigenvalue weighted by atomic mass is 16.5. The van der Waals surface area contributed by atoms with Crippen molar-refractivity contribution >= 4 is 17.3 Å². The molecule has 6 heteroatoms. The molecule has 0 spiro atoms. The Balaban J connectivity index is 2.05. The van der Waals surface area contributed by atoms with E-state index in [9.17, 15) is 0 Å². The first kappa shape index (κ1) is 13.1. The van der Waals surface area contributed by atoms with E-state index in [0.29, 0.717) is 18.2 Å². The van der Waals surface area contributed by atoms with E-state index in [2.05, 4.69) is 20.6 Å². The highest BCUT2D eigenvalue weighted by Gasteiger charge is 1.99. The summed E-state index contributed by atoms with van der Waals surface area (Å²) in [5.74, 6) is 2.15. The fraction of sp³-hybridized carbons (Fsp3) is 0.231. The molecule has 0 saturated heterocycles. The van der Waals surface area contributed by atoms with Crippen molar-refractivity contribution in [2.24, 2.45) is 0 Å². The number of benzene rings is 1. The van der Waals surface area contributed by atoms with E-state index in [1.54, 1.807) is 13.2 Å². The highest BCUT2D eigenvalue weighted by Crippen LogP contribution is 2.19. The molecule has 19 heavy (non-hydrogen) atoms. The molecule has 0 bridgehead atoms. The molecule has 100 valence electrons. The average Bonchev–Trinajstić information content (AvgIpc) is 2.46. The molecule has 1 heterocycles. The van der Waals surface area contributed by atoms with Gasteiger partial charge in [-0.3, -0.25) is 0 Å². The first-order valence-corrected chi connectivity index (χ1v) is 5.89. The van der Waals surface area contributed by atoms with Crippen LogP contribution in [0.1, 0.15) is 0 Å². The maximum absolute atomic E-state index is 8.75. The van der Waals surface area contributed by atoms with E-state index in [1.165, 1.54) is 6.33 Å². The molecule has 3 N–H and O–H groups in total. The van der Waals surface area contributed by atoms with E-state index in [-0.39, 0.29) is 6.61 Å². The largest absolute Gasteiger partial charge is 0.497 e. The summed E-state index contributed by atoms with van der Waals surface area (Å²) in [6.07, 6.45) is 1.46. The van der Waals surface area contributed by atoms with Crippen LogP contribution >= 0.6 is 0 Å². The monoisotopic (exact) mass is 260 g/mol. The number of aliphatic hydroxyl groups excluding tert-OH is 1. The van der Waals surface area contributed by atoms with Gasteiger partial charge in [-0.1, -0.05) is 0 Å². The molecule has 0 fully saturated rings. The zero-order valence-electron chi connectivity index (χ0n) is 10.6. The van der Waals surface area contributed by atoms with Crippen molar-refractivity contribution in [3.8, 4) is 5.75 Å². The Labute approximate surface area is 111 Å². The van der Waals surface area contributed by atoms with Crippen molar-refractivity contribution in [2.45, 2.75) is 0 Å². The van der Waals surface area contributed by atoms with Crippen molar-refractivity contribution < 1.29 is 9.84 Å². The Kier molecular flexibility index (Phi) is 4.52. The Morgan fingerprint density at radius 1 is 1.16 bits per heavy atom. The van der Waals surface area contributed by atoms with Crippen LogP contribution in [0.4, 0.5) is 17.3 Å². The predicted octanol–water partition coefficient (Wildman–Crippen LogP) is 1.63. The van der Waals surface area contributed by atoms with Crippen molar-refractivity contribution in [2.75, 3.05) is 30.9 Å². The number of aromatic nitrogens is 2. The first-order chi connectivity index (χ1) is 9.31. The normalized spacial score (nSPS) is 10.0. The Morgan fingerprint density at radius 2 is 1.89 bits per heavy atom. The lowest BCUT2D eigenvalue weighted by molar-refractivity contribution is 0.311. The van der Waals surface area contributed by atoms with Gasteiger partial charge in [0.05, 0.1) is 13.7 Å². The van der Waals surface area contributed by atoms with Gasteiger partial charge in [0.15, 0.2) is 0 Å². The van der Waals surface area contributed by atoms with Crippen LogP contribution < -0.4 is 15.4 Å². The molecule has 0 saturated carbocycles. The summed E-state index contributed by atoms with van der Waals surface area (Å²) in [6, 6.07) is 9.33. The molecule has 0 aliphatic carbocycles. The molecule has 0 aliphatic rings. The smallest absolute Gasteiger partial charge is 0.135 e. The Morgan fingerprint density at radius 3 is 2.58 bits per heavy atom. The third-order valence-electron chi connectivity index (χ3n) is 2.45. The molecular formula is C13H16N4O2. The number of aliphatic hydroxyl groups is 1. The molecule has 0 aliphatic heterocycles. The fourth-order valence-electron chi connectivity index (χ4n) is 1.53. The minimum atomic E-state index is 0.0608. The lowest BCUT2D eigenvalue weighted by atomic mass is 10.3. The highest BCUT2D eigenvalue weighted by molar-refractivity contribution is 5.59. The lowest BCUT2D eigenvalue weighted by Crippen LogP contribution is -2.07. The SMILES string of the molecule is COc1ccc(Nc2cc(NCCO)ncn2)cc1. The molecule has 2 rings (SSSR count). The lowest BCUT2D eigenvalue weighted by Gasteiger charge is -2.08. The number of hydrogen-bond donors (Lipinski definition) is 3. The van der Waals surface area contributed by atoms with Crippen LogP contribution in [0.5, 0.6) is 5.75 Å². The summed E-state index contributed by atoms with van der Waals surface area (Å²) in [5, 5.41) is 14.9. The van der Waals surface area contributed by atoms with E-state index in [1.807, 2.05) is 24.3 Å². The summed E-state index contributed by atoms with van der Waals surface area (Å²) in [5.41, 5.74) is 0.910. The minimum absolute atomic E-state index is 0.0608. The van der Waals surface area contributed by atoms with E-state index in [4.69, 9.17) is 9.84 Å². The molecule has 0 radical (unpaired) electrons. The van der Waals surface area contributed by atoms with Gasteiger partial charge in [0.2, 0.25) is 0 Å². The summed E-state index contributed by atoms with van der Waals surface area (Å²) in [6.45, 7) is 0.518. The second-order valence-corrected chi connectivity index (χ2v) is 3.79. The third kappa shape index (κ3) is 3.82. The van der Waals surface area contributed by atoms with Gasteiger partial charge in [0.25, 0.3) is 0 Å². The van der Waals surface area contributed by atoms with Gasteiger partial charge < -0.3 is 20.5 Å². The number of nitrogens with zero attached hydrogens (tertiary/aromatic N) is 2. The molecule has 0 atom stereocenters. The van der Waals surface area contributed by atoms with Gasteiger partial charge in [-0.05, 0) is 24.3 Å². The number of hydrogen-bond acceptors (Lipinski definition) is 6. The van der Waals surface area contributed by atoms with Gasteiger partial charge in [0, 0.05) is 18.3 Å². The number of nitrogens with one attached hydrogen (secondary N) is 2. The maximum atomic E-state index is 8.75. The predicted molar refractivity (Wildman–Crippen MR) is 73.9 cm³/mol.